The van der Waals surface area contributed by atoms with E-state index in [4.69, 9.17) is 4.74 Å². The molecular formula is C14H18FeO. The van der Waals surface area contributed by atoms with Gasteiger partial charge in [-0.15, -0.1) is 12.1 Å². The van der Waals surface area contributed by atoms with E-state index in [0.29, 0.717) is 0 Å². The van der Waals surface area contributed by atoms with E-state index in [1.54, 1.807) is 0 Å². The van der Waals surface area contributed by atoms with E-state index in [1.807, 2.05) is 75.4 Å². The molecule has 0 spiro atoms. The fourth-order valence-corrected chi connectivity index (χ4v) is 1.10. The third kappa shape index (κ3) is 7.33. The summed E-state index contributed by atoms with van der Waals surface area (Å²) in [4.78, 5) is 0. The van der Waals surface area contributed by atoms with Gasteiger partial charge in [0.15, 0.2) is 0 Å². The normalized spacial score (nSPS) is 9.69. The number of rotatable bonds is 1. The maximum absolute atomic E-state index is 5.54. The molecule has 0 heterocycles. The Hall–Kier alpha value is -0.981. The molecular weight excluding hydrogens is 240 g/mol. The monoisotopic (exact) mass is 258 g/mol. The van der Waals surface area contributed by atoms with Crippen LogP contribution in [0.5, 0.6) is 5.75 Å². The van der Waals surface area contributed by atoms with E-state index in [9.17, 15) is 0 Å². The number of ether oxygens (including phenoxy) is 1. The second-order valence-corrected chi connectivity index (χ2v) is 4.30. The molecule has 0 aliphatic rings. The minimum atomic E-state index is -0.0750. The largest absolute Gasteiger partial charge is 2.00 e. The smallest absolute Gasteiger partial charge is 0.547 e. The standard InChI is InChI=1S/C9H13O.C5H5.Fe/c1-9(2,3)10-8-6-4-5-7-8;1-2-4-5-3-1;/h4-7H,1-3H3;1-5H;/q2*-1;+2. The first-order valence-corrected chi connectivity index (χ1v) is 5.15. The van der Waals surface area contributed by atoms with Crippen molar-refractivity contribution in [1.29, 1.82) is 0 Å². The molecule has 0 aromatic heterocycles. The summed E-state index contributed by atoms with van der Waals surface area (Å²) in [6, 6.07) is 17.9. The zero-order valence-corrected chi connectivity index (χ0v) is 11.1. The van der Waals surface area contributed by atoms with Crippen molar-refractivity contribution >= 4 is 0 Å². The van der Waals surface area contributed by atoms with Crippen molar-refractivity contribution in [2.24, 2.45) is 0 Å². The molecule has 0 fully saturated rings. The molecule has 1 nitrogen and oxygen atoms in total. The molecule has 0 bridgehead atoms. The van der Waals surface area contributed by atoms with Crippen LogP contribution in [-0.4, -0.2) is 5.60 Å². The van der Waals surface area contributed by atoms with Crippen LogP contribution < -0.4 is 4.74 Å². The molecule has 0 unspecified atom stereocenters. The Balaban J connectivity index is 0.000000318. The summed E-state index contributed by atoms with van der Waals surface area (Å²) in [7, 11) is 0. The van der Waals surface area contributed by atoms with Gasteiger partial charge in [0, 0.05) is 5.75 Å². The first-order chi connectivity index (χ1) is 7.08. The average Bonchev–Trinajstić information content (AvgIpc) is 2.71. The molecule has 0 atom stereocenters. The molecule has 2 aromatic rings. The molecule has 0 aliphatic carbocycles. The van der Waals surface area contributed by atoms with Crippen molar-refractivity contribution in [3.8, 4) is 5.75 Å². The van der Waals surface area contributed by atoms with Crippen LogP contribution in [0.25, 0.3) is 0 Å². The van der Waals surface area contributed by atoms with Crippen molar-refractivity contribution in [2.75, 3.05) is 0 Å². The van der Waals surface area contributed by atoms with Crippen LogP contribution in [-0.2, 0) is 17.1 Å². The maximum atomic E-state index is 5.54. The van der Waals surface area contributed by atoms with E-state index >= 15 is 0 Å². The van der Waals surface area contributed by atoms with Gasteiger partial charge in [0.2, 0.25) is 0 Å². The summed E-state index contributed by atoms with van der Waals surface area (Å²) in [5, 5.41) is 0. The fraction of sp³-hybridized carbons (Fsp3) is 0.286. The first-order valence-electron chi connectivity index (χ1n) is 5.15. The summed E-state index contributed by atoms with van der Waals surface area (Å²) in [5.74, 6) is 0.951. The van der Waals surface area contributed by atoms with Gasteiger partial charge in [-0.05, 0) is 20.8 Å². The topological polar surface area (TPSA) is 9.23 Å². The third-order valence-electron chi connectivity index (χ3n) is 1.61. The van der Waals surface area contributed by atoms with Crippen LogP contribution in [0.2, 0.25) is 0 Å². The van der Waals surface area contributed by atoms with E-state index in [-0.39, 0.29) is 22.7 Å². The number of hydrogen-bond acceptors (Lipinski definition) is 1. The Bertz CT molecular complexity index is 310. The van der Waals surface area contributed by atoms with E-state index < -0.39 is 0 Å². The second-order valence-electron chi connectivity index (χ2n) is 4.30. The average molecular weight is 258 g/mol. The van der Waals surface area contributed by atoms with E-state index in [1.165, 1.54) is 0 Å². The summed E-state index contributed by atoms with van der Waals surface area (Å²) in [6.45, 7) is 6.12. The molecule has 2 aromatic carbocycles. The molecule has 0 N–H and O–H groups in total. The molecule has 16 heavy (non-hydrogen) atoms. The quantitative estimate of drug-likeness (QED) is 0.555. The van der Waals surface area contributed by atoms with Gasteiger partial charge < -0.3 is 4.74 Å². The van der Waals surface area contributed by atoms with Crippen LogP contribution in [0.1, 0.15) is 20.8 Å². The molecule has 88 valence electrons. The maximum Gasteiger partial charge on any atom is 2.00 e. The zero-order valence-electron chi connectivity index (χ0n) is 9.96. The zero-order chi connectivity index (χ0) is 11.1. The Morgan fingerprint density at radius 3 is 1.75 bits per heavy atom. The van der Waals surface area contributed by atoms with Crippen molar-refractivity contribution in [3.63, 3.8) is 0 Å². The summed E-state index contributed by atoms with van der Waals surface area (Å²) < 4.78 is 5.54. The second kappa shape index (κ2) is 7.32. The molecule has 0 amide bonds. The third-order valence-corrected chi connectivity index (χ3v) is 1.61. The molecule has 0 radical (unpaired) electrons. The van der Waals surface area contributed by atoms with Gasteiger partial charge in [-0.1, -0.05) is 0 Å². The summed E-state index contributed by atoms with van der Waals surface area (Å²) in [6.07, 6.45) is 0. The molecule has 2 heteroatoms. The Morgan fingerprint density at radius 1 is 0.938 bits per heavy atom. The SMILES string of the molecule is CC(C)(C)O[c-]1cccc1.[Fe+2].c1cc[cH-]c1. The van der Waals surface area contributed by atoms with E-state index in [2.05, 4.69) is 0 Å². The molecule has 0 saturated carbocycles. The van der Waals surface area contributed by atoms with Gasteiger partial charge in [0.25, 0.3) is 0 Å². The number of hydrogen-bond donors (Lipinski definition) is 0. The molecule has 0 saturated heterocycles. The van der Waals surface area contributed by atoms with Crippen molar-refractivity contribution in [2.45, 2.75) is 26.4 Å². The van der Waals surface area contributed by atoms with Gasteiger partial charge in [-0.3, -0.25) is 0 Å². The fourth-order valence-electron chi connectivity index (χ4n) is 1.10. The Kier molecular flexibility index (Phi) is 6.87. The molecule has 0 aliphatic heterocycles. The van der Waals surface area contributed by atoms with Crippen LogP contribution >= 0.6 is 0 Å². The van der Waals surface area contributed by atoms with Gasteiger partial charge >= 0.3 is 17.1 Å². The predicted molar refractivity (Wildman–Crippen MR) is 64.5 cm³/mol. The predicted octanol–water partition coefficient (Wildman–Crippen LogP) is 3.99. The van der Waals surface area contributed by atoms with Crippen molar-refractivity contribution < 1.29 is 21.8 Å². The van der Waals surface area contributed by atoms with Gasteiger partial charge in [-0.2, -0.15) is 18.2 Å². The van der Waals surface area contributed by atoms with Gasteiger partial charge in [0.1, 0.15) is 0 Å². The van der Waals surface area contributed by atoms with Gasteiger partial charge in [0.05, 0.1) is 5.60 Å². The Labute approximate surface area is 109 Å². The van der Waals surface area contributed by atoms with Crippen LogP contribution in [0.15, 0.2) is 54.6 Å². The van der Waals surface area contributed by atoms with E-state index in [0.717, 1.165) is 5.75 Å². The van der Waals surface area contributed by atoms with Crippen LogP contribution in [0.4, 0.5) is 0 Å². The van der Waals surface area contributed by atoms with Crippen LogP contribution in [0, 0.1) is 0 Å². The summed E-state index contributed by atoms with van der Waals surface area (Å²) >= 11 is 0. The minimum Gasteiger partial charge on any atom is -0.547 e. The Morgan fingerprint density at radius 2 is 1.44 bits per heavy atom. The first kappa shape index (κ1) is 15.0. The molecule has 2 rings (SSSR count). The summed E-state index contributed by atoms with van der Waals surface area (Å²) in [5.41, 5.74) is -0.0750. The minimum absolute atomic E-state index is 0. The van der Waals surface area contributed by atoms with Crippen molar-refractivity contribution in [3.05, 3.63) is 54.6 Å². The van der Waals surface area contributed by atoms with Crippen LogP contribution in [0.3, 0.4) is 0 Å². The van der Waals surface area contributed by atoms with Crippen molar-refractivity contribution in [1.82, 2.24) is 0 Å². The van der Waals surface area contributed by atoms with Gasteiger partial charge in [-0.25, -0.2) is 24.3 Å².